The van der Waals surface area contributed by atoms with Crippen molar-refractivity contribution in [3.8, 4) is 5.75 Å². The zero-order valence-electron chi connectivity index (χ0n) is 19.7. The largest absolute Gasteiger partial charge is 0.487 e. The Balaban J connectivity index is 1.49. The van der Waals surface area contributed by atoms with Gasteiger partial charge in [-0.1, -0.05) is 83.7 Å². The normalized spacial score (nSPS) is 18.8. The van der Waals surface area contributed by atoms with Gasteiger partial charge in [0.15, 0.2) is 5.17 Å². The first kappa shape index (κ1) is 25.3. The number of thioether (sulfide) groups is 1. The highest BCUT2D eigenvalue weighted by Crippen LogP contribution is 2.41. The predicted molar refractivity (Wildman–Crippen MR) is 155 cm³/mol. The molecule has 2 fully saturated rings. The van der Waals surface area contributed by atoms with Crippen molar-refractivity contribution in [2.24, 2.45) is 4.99 Å². The van der Waals surface area contributed by atoms with Crippen molar-refractivity contribution < 1.29 is 9.53 Å². The van der Waals surface area contributed by atoms with Crippen LogP contribution in [0.25, 0.3) is 6.08 Å². The maximum Gasteiger partial charge on any atom is 0.267 e. The van der Waals surface area contributed by atoms with Crippen LogP contribution in [0.1, 0.15) is 43.2 Å². The molecule has 3 aromatic carbocycles. The number of hydrogen-bond acceptors (Lipinski definition) is 4. The number of para-hydroxylation sites is 1. The molecule has 1 amide bonds. The number of carbonyl (C=O) groups is 1. The Kier molecular flexibility index (Phi) is 8.29. The summed E-state index contributed by atoms with van der Waals surface area (Å²) in [5, 5.41) is 0.755. The molecule has 1 aliphatic heterocycles. The standard InChI is InChI=1S/C29H26Br2N2O2S/c30-22-16-21(27(25(31)18-22)35-19-20-10-4-1-5-11-20)17-26-28(34)33(24-14-8-3-9-15-24)29(36-26)32-23-12-6-2-7-13-23/h1-2,4-7,10-13,16-18,24H,3,8-9,14-15,19H2/b26-17-,32-29?. The molecule has 1 heterocycles. The zero-order valence-corrected chi connectivity index (χ0v) is 23.7. The minimum absolute atomic E-state index is 0.0201. The van der Waals surface area contributed by atoms with Crippen LogP contribution in [0.4, 0.5) is 5.69 Å². The third-order valence-corrected chi connectivity index (χ3v) is 8.34. The minimum atomic E-state index is 0.0201. The molecule has 0 aromatic heterocycles. The Bertz CT molecular complexity index is 1290. The minimum Gasteiger partial charge on any atom is -0.487 e. The van der Waals surface area contributed by atoms with E-state index in [2.05, 4.69) is 31.9 Å². The molecule has 0 bridgehead atoms. The van der Waals surface area contributed by atoms with Crippen molar-refractivity contribution in [3.05, 3.63) is 97.8 Å². The van der Waals surface area contributed by atoms with E-state index in [-0.39, 0.29) is 11.9 Å². The molecular weight excluding hydrogens is 600 g/mol. The molecule has 7 heteroatoms. The summed E-state index contributed by atoms with van der Waals surface area (Å²) >= 11 is 8.70. The number of aliphatic imine (C=N–C) groups is 1. The molecule has 0 unspecified atom stereocenters. The van der Waals surface area contributed by atoms with E-state index in [4.69, 9.17) is 9.73 Å². The SMILES string of the molecule is O=C1/C(=C/c2cc(Br)cc(Br)c2OCc2ccccc2)SC(=Nc2ccccc2)N1C1CCCCC1. The summed E-state index contributed by atoms with van der Waals surface area (Å²) < 4.78 is 7.98. The van der Waals surface area contributed by atoms with Crippen LogP contribution in [-0.4, -0.2) is 22.0 Å². The van der Waals surface area contributed by atoms with Gasteiger partial charge < -0.3 is 4.74 Å². The van der Waals surface area contributed by atoms with Crippen molar-refractivity contribution in [1.29, 1.82) is 0 Å². The predicted octanol–water partition coefficient (Wildman–Crippen LogP) is 8.73. The van der Waals surface area contributed by atoms with Gasteiger partial charge in [0.25, 0.3) is 5.91 Å². The fraction of sp³-hybridized carbons (Fsp3) is 0.241. The van der Waals surface area contributed by atoms with Crippen LogP contribution in [0.5, 0.6) is 5.75 Å². The lowest BCUT2D eigenvalue weighted by Crippen LogP contribution is -2.40. The van der Waals surface area contributed by atoms with Crippen LogP contribution >= 0.6 is 43.6 Å². The molecule has 36 heavy (non-hydrogen) atoms. The zero-order chi connectivity index (χ0) is 24.9. The number of carbonyl (C=O) groups excluding carboxylic acids is 1. The Morgan fingerprint density at radius 1 is 0.972 bits per heavy atom. The second kappa shape index (κ2) is 11.8. The Morgan fingerprint density at radius 2 is 1.67 bits per heavy atom. The molecule has 0 N–H and O–H groups in total. The van der Waals surface area contributed by atoms with Gasteiger partial charge >= 0.3 is 0 Å². The number of halogens is 2. The fourth-order valence-corrected chi connectivity index (χ4v) is 6.97. The highest BCUT2D eigenvalue weighted by Gasteiger charge is 2.38. The van der Waals surface area contributed by atoms with Crippen LogP contribution in [0.15, 0.2) is 91.6 Å². The van der Waals surface area contributed by atoms with Crippen molar-refractivity contribution in [3.63, 3.8) is 0 Å². The van der Waals surface area contributed by atoms with Crippen LogP contribution in [0, 0.1) is 0 Å². The molecule has 4 nitrogen and oxygen atoms in total. The maximum absolute atomic E-state index is 13.8. The van der Waals surface area contributed by atoms with Gasteiger partial charge in [0.2, 0.25) is 0 Å². The van der Waals surface area contributed by atoms with E-state index in [9.17, 15) is 4.79 Å². The highest BCUT2D eigenvalue weighted by atomic mass is 79.9. The number of amidine groups is 1. The lowest BCUT2D eigenvalue weighted by molar-refractivity contribution is -0.124. The van der Waals surface area contributed by atoms with Crippen LogP contribution in [0.3, 0.4) is 0 Å². The van der Waals surface area contributed by atoms with E-state index in [0.29, 0.717) is 17.3 Å². The van der Waals surface area contributed by atoms with E-state index in [0.717, 1.165) is 56.6 Å². The summed E-state index contributed by atoms with van der Waals surface area (Å²) in [7, 11) is 0. The highest BCUT2D eigenvalue weighted by molar-refractivity contribution is 9.11. The van der Waals surface area contributed by atoms with E-state index >= 15 is 0 Å². The lowest BCUT2D eigenvalue weighted by Gasteiger charge is -2.30. The molecule has 184 valence electrons. The number of benzene rings is 3. The molecule has 0 radical (unpaired) electrons. The lowest BCUT2D eigenvalue weighted by atomic mass is 9.94. The van der Waals surface area contributed by atoms with Gasteiger partial charge in [-0.15, -0.1) is 0 Å². The number of rotatable bonds is 6. The molecule has 0 atom stereocenters. The fourth-order valence-electron chi connectivity index (χ4n) is 4.55. The summed E-state index contributed by atoms with van der Waals surface area (Å²) in [6, 6.07) is 24.1. The Labute approximate surface area is 233 Å². The van der Waals surface area contributed by atoms with Gasteiger partial charge in [0, 0.05) is 16.1 Å². The van der Waals surface area contributed by atoms with E-state index < -0.39 is 0 Å². The molecule has 1 aliphatic carbocycles. The van der Waals surface area contributed by atoms with E-state index in [1.165, 1.54) is 18.2 Å². The van der Waals surface area contributed by atoms with Crippen molar-refractivity contribution in [2.75, 3.05) is 0 Å². The summed E-state index contributed by atoms with van der Waals surface area (Å²) in [6.07, 6.45) is 7.49. The third-order valence-electron chi connectivity index (χ3n) is 6.31. The monoisotopic (exact) mass is 624 g/mol. The third kappa shape index (κ3) is 5.96. The van der Waals surface area contributed by atoms with Gasteiger partial charge in [-0.25, -0.2) is 4.99 Å². The van der Waals surface area contributed by atoms with Gasteiger partial charge in [-0.2, -0.15) is 0 Å². The summed E-state index contributed by atoms with van der Waals surface area (Å²) in [5.74, 6) is 0.729. The molecule has 0 spiro atoms. The topological polar surface area (TPSA) is 41.9 Å². The number of amides is 1. The number of nitrogens with zero attached hydrogens (tertiary/aromatic N) is 2. The molecule has 3 aromatic rings. The Morgan fingerprint density at radius 3 is 2.39 bits per heavy atom. The summed E-state index contributed by atoms with van der Waals surface area (Å²) in [5.41, 5.74) is 2.78. The van der Waals surface area contributed by atoms with E-state index in [1.54, 1.807) is 0 Å². The van der Waals surface area contributed by atoms with Crippen molar-refractivity contribution >= 4 is 66.5 Å². The molecule has 2 aliphatic rings. The van der Waals surface area contributed by atoms with Gasteiger partial charge in [0.1, 0.15) is 12.4 Å². The van der Waals surface area contributed by atoms with Crippen LogP contribution in [-0.2, 0) is 11.4 Å². The quantitative estimate of drug-likeness (QED) is 0.257. The molecule has 1 saturated heterocycles. The summed E-state index contributed by atoms with van der Waals surface area (Å²) in [6.45, 7) is 0.438. The average Bonchev–Trinajstić information content (AvgIpc) is 3.19. The second-order valence-electron chi connectivity index (χ2n) is 8.89. The first-order valence-electron chi connectivity index (χ1n) is 12.1. The number of ether oxygens (including phenoxy) is 1. The summed E-state index contributed by atoms with van der Waals surface area (Å²) in [4.78, 5) is 21.2. The first-order valence-corrected chi connectivity index (χ1v) is 14.5. The molecule has 1 saturated carbocycles. The first-order chi connectivity index (χ1) is 17.6. The van der Waals surface area contributed by atoms with Crippen molar-refractivity contribution in [2.45, 2.75) is 44.8 Å². The average molecular weight is 626 g/mol. The molecular formula is C29H26Br2N2O2S. The second-order valence-corrected chi connectivity index (χ2v) is 11.7. The van der Waals surface area contributed by atoms with Gasteiger partial charge in [-0.3, -0.25) is 9.69 Å². The number of hydrogen-bond donors (Lipinski definition) is 0. The molecule has 5 rings (SSSR count). The smallest absolute Gasteiger partial charge is 0.267 e. The van der Waals surface area contributed by atoms with Gasteiger partial charge in [-0.05, 0) is 76.4 Å². The van der Waals surface area contributed by atoms with Crippen LogP contribution < -0.4 is 4.74 Å². The van der Waals surface area contributed by atoms with Crippen LogP contribution in [0.2, 0.25) is 0 Å². The van der Waals surface area contributed by atoms with Gasteiger partial charge in [0.05, 0.1) is 15.1 Å². The van der Waals surface area contributed by atoms with Crippen molar-refractivity contribution in [1.82, 2.24) is 4.90 Å². The maximum atomic E-state index is 13.8. The van der Waals surface area contributed by atoms with E-state index in [1.807, 2.05) is 83.8 Å². The Hall–Kier alpha value is -2.35.